The third-order valence-electron chi connectivity index (χ3n) is 3.02. The molecule has 0 spiro atoms. The first kappa shape index (κ1) is 13.1. The fourth-order valence-electron chi connectivity index (χ4n) is 1.95. The Morgan fingerprint density at radius 3 is 2.61 bits per heavy atom. The van der Waals surface area contributed by atoms with Gasteiger partial charge in [0, 0.05) is 10.7 Å². The van der Waals surface area contributed by atoms with Crippen LogP contribution < -0.4 is 5.73 Å². The molecule has 0 aliphatic heterocycles. The highest BCUT2D eigenvalue weighted by molar-refractivity contribution is 9.10. The summed E-state index contributed by atoms with van der Waals surface area (Å²) < 4.78 is 2.85. The quantitative estimate of drug-likeness (QED) is 0.948. The van der Waals surface area contributed by atoms with E-state index in [1.165, 1.54) is 0 Å². The average Bonchev–Trinajstić information content (AvgIpc) is 2.69. The molecule has 0 aliphatic carbocycles. The lowest BCUT2D eigenvalue weighted by atomic mass is 10.2. The van der Waals surface area contributed by atoms with Gasteiger partial charge < -0.3 is 5.73 Å². The Kier molecular flexibility index (Phi) is 3.71. The number of pyridine rings is 1. The molecule has 0 atom stereocenters. The number of nitrogen functional groups attached to an aromatic ring is 1. The lowest BCUT2D eigenvalue weighted by Crippen LogP contribution is -2.05. The molecule has 96 valence electrons. The second kappa shape index (κ2) is 5.10. The monoisotopic (exact) mass is 308 g/mol. The van der Waals surface area contributed by atoms with Gasteiger partial charge in [0.05, 0.1) is 17.1 Å². The van der Waals surface area contributed by atoms with Gasteiger partial charge in [0.1, 0.15) is 0 Å². The Morgan fingerprint density at radius 1 is 1.33 bits per heavy atom. The number of aromatic nitrogens is 3. The van der Waals surface area contributed by atoms with Crippen molar-refractivity contribution >= 4 is 21.6 Å². The molecule has 2 aromatic heterocycles. The molecule has 18 heavy (non-hydrogen) atoms. The van der Waals surface area contributed by atoms with E-state index in [-0.39, 0.29) is 0 Å². The van der Waals surface area contributed by atoms with E-state index in [1.807, 2.05) is 17.7 Å². The number of rotatable bonds is 3. The van der Waals surface area contributed by atoms with Crippen LogP contribution in [0.25, 0.3) is 5.82 Å². The highest BCUT2D eigenvalue weighted by Gasteiger charge is 2.14. The van der Waals surface area contributed by atoms with Crippen LogP contribution in [0, 0.1) is 6.92 Å². The molecule has 0 fully saturated rings. The van der Waals surface area contributed by atoms with Crippen molar-refractivity contribution in [2.45, 2.75) is 33.6 Å². The minimum Gasteiger partial charge on any atom is -0.396 e. The molecule has 2 rings (SSSR count). The second-order valence-corrected chi connectivity index (χ2v) is 5.07. The Hall–Kier alpha value is -1.36. The van der Waals surface area contributed by atoms with Crippen LogP contribution in [0.3, 0.4) is 0 Å². The largest absolute Gasteiger partial charge is 0.396 e. The Bertz CT molecular complexity index is 575. The highest BCUT2D eigenvalue weighted by atomic mass is 79.9. The summed E-state index contributed by atoms with van der Waals surface area (Å²) in [4.78, 5) is 4.40. The summed E-state index contributed by atoms with van der Waals surface area (Å²) >= 11 is 3.45. The van der Waals surface area contributed by atoms with E-state index >= 15 is 0 Å². The zero-order valence-corrected chi connectivity index (χ0v) is 12.5. The molecule has 0 amide bonds. The van der Waals surface area contributed by atoms with Gasteiger partial charge in [0.25, 0.3) is 0 Å². The molecule has 0 aliphatic rings. The molecule has 2 heterocycles. The number of nitrogens with two attached hydrogens (primary N) is 1. The van der Waals surface area contributed by atoms with Crippen molar-refractivity contribution < 1.29 is 0 Å². The SMILES string of the molecule is CCc1nn(-c2cc(C)c(Br)cn2)c(CC)c1N. The van der Waals surface area contributed by atoms with Crippen molar-refractivity contribution in [1.29, 1.82) is 0 Å². The van der Waals surface area contributed by atoms with E-state index < -0.39 is 0 Å². The maximum absolute atomic E-state index is 6.11. The first-order valence-corrected chi connectivity index (χ1v) is 6.86. The Labute approximate surface area is 115 Å². The summed E-state index contributed by atoms with van der Waals surface area (Å²) in [6, 6.07) is 2.01. The molecule has 0 saturated carbocycles. The van der Waals surface area contributed by atoms with Crippen molar-refractivity contribution in [2.24, 2.45) is 0 Å². The van der Waals surface area contributed by atoms with Crippen LogP contribution in [0.15, 0.2) is 16.7 Å². The van der Waals surface area contributed by atoms with Gasteiger partial charge in [0.15, 0.2) is 5.82 Å². The zero-order chi connectivity index (χ0) is 13.3. The van der Waals surface area contributed by atoms with Gasteiger partial charge in [-0.1, -0.05) is 13.8 Å². The van der Waals surface area contributed by atoms with E-state index in [0.717, 1.165) is 45.8 Å². The van der Waals surface area contributed by atoms with Crippen LogP contribution in [-0.2, 0) is 12.8 Å². The molecular weight excluding hydrogens is 292 g/mol. The fourth-order valence-corrected chi connectivity index (χ4v) is 2.16. The third-order valence-corrected chi connectivity index (χ3v) is 3.85. The predicted octanol–water partition coefficient (Wildman–Crippen LogP) is 3.05. The van der Waals surface area contributed by atoms with Gasteiger partial charge in [-0.25, -0.2) is 9.67 Å². The molecule has 0 aromatic carbocycles. The van der Waals surface area contributed by atoms with E-state index in [2.05, 4.69) is 39.9 Å². The van der Waals surface area contributed by atoms with E-state index in [4.69, 9.17) is 5.73 Å². The Balaban J connectivity index is 2.59. The van der Waals surface area contributed by atoms with Gasteiger partial charge in [-0.05, 0) is 47.3 Å². The van der Waals surface area contributed by atoms with Gasteiger partial charge in [-0.15, -0.1) is 0 Å². The van der Waals surface area contributed by atoms with Crippen LogP contribution in [-0.4, -0.2) is 14.8 Å². The van der Waals surface area contributed by atoms with E-state index in [1.54, 1.807) is 6.20 Å². The number of hydrogen-bond donors (Lipinski definition) is 1. The van der Waals surface area contributed by atoms with Crippen LogP contribution >= 0.6 is 15.9 Å². The van der Waals surface area contributed by atoms with E-state index in [0.29, 0.717) is 0 Å². The lowest BCUT2D eigenvalue weighted by molar-refractivity contribution is 0.771. The summed E-state index contributed by atoms with van der Waals surface area (Å²) in [5, 5.41) is 4.55. The number of hydrogen-bond acceptors (Lipinski definition) is 3. The van der Waals surface area contributed by atoms with Crippen molar-refractivity contribution in [3.63, 3.8) is 0 Å². The van der Waals surface area contributed by atoms with Crippen LogP contribution in [0.5, 0.6) is 0 Å². The highest BCUT2D eigenvalue weighted by Crippen LogP contribution is 2.23. The average molecular weight is 309 g/mol. The molecule has 2 N–H and O–H groups in total. The van der Waals surface area contributed by atoms with Crippen molar-refractivity contribution in [2.75, 3.05) is 5.73 Å². The number of nitrogens with zero attached hydrogens (tertiary/aromatic N) is 3. The zero-order valence-electron chi connectivity index (χ0n) is 10.9. The molecule has 0 saturated heterocycles. The number of aryl methyl sites for hydroxylation is 2. The number of anilines is 1. The summed E-state index contributed by atoms with van der Waals surface area (Å²) in [6.45, 7) is 6.17. The second-order valence-electron chi connectivity index (χ2n) is 4.22. The summed E-state index contributed by atoms with van der Waals surface area (Å²) in [6.07, 6.45) is 3.48. The third kappa shape index (κ3) is 2.14. The minimum atomic E-state index is 0.794. The molecule has 4 nitrogen and oxygen atoms in total. The minimum absolute atomic E-state index is 0.794. The number of halogens is 1. The van der Waals surface area contributed by atoms with Crippen molar-refractivity contribution in [3.8, 4) is 5.82 Å². The Morgan fingerprint density at radius 2 is 2.06 bits per heavy atom. The van der Waals surface area contributed by atoms with Gasteiger partial charge in [-0.2, -0.15) is 5.10 Å². The summed E-state index contributed by atoms with van der Waals surface area (Å²) in [5.41, 5.74) is 10.0. The topological polar surface area (TPSA) is 56.7 Å². The molecule has 0 bridgehead atoms. The van der Waals surface area contributed by atoms with Crippen LogP contribution in [0.4, 0.5) is 5.69 Å². The summed E-state index contributed by atoms with van der Waals surface area (Å²) in [5.74, 6) is 0.818. The van der Waals surface area contributed by atoms with Crippen LogP contribution in [0.1, 0.15) is 30.8 Å². The van der Waals surface area contributed by atoms with Gasteiger partial charge >= 0.3 is 0 Å². The smallest absolute Gasteiger partial charge is 0.154 e. The predicted molar refractivity (Wildman–Crippen MR) is 77.0 cm³/mol. The van der Waals surface area contributed by atoms with Crippen molar-refractivity contribution in [1.82, 2.24) is 14.8 Å². The van der Waals surface area contributed by atoms with Gasteiger partial charge in [0.2, 0.25) is 0 Å². The first-order valence-electron chi connectivity index (χ1n) is 6.07. The molecule has 2 aromatic rings. The molecule has 0 radical (unpaired) electrons. The maximum atomic E-state index is 6.11. The van der Waals surface area contributed by atoms with Crippen LogP contribution in [0.2, 0.25) is 0 Å². The molecular formula is C13H17BrN4. The van der Waals surface area contributed by atoms with E-state index in [9.17, 15) is 0 Å². The fraction of sp³-hybridized carbons (Fsp3) is 0.385. The van der Waals surface area contributed by atoms with Crippen molar-refractivity contribution in [3.05, 3.63) is 33.7 Å². The first-order chi connectivity index (χ1) is 8.58. The lowest BCUT2D eigenvalue weighted by Gasteiger charge is -2.07. The molecule has 5 heteroatoms. The standard InChI is InChI=1S/C13H17BrN4/c1-4-10-13(15)11(5-2)18(17-10)12-6-8(3)9(14)7-16-12/h6-7H,4-5,15H2,1-3H3. The normalized spacial score (nSPS) is 10.9. The van der Waals surface area contributed by atoms with Gasteiger partial charge in [-0.3, -0.25) is 0 Å². The maximum Gasteiger partial charge on any atom is 0.154 e. The molecule has 0 unspecified atom stereocenters. The summed E-state index contributed by atoms with van der Waals surface area (Å²) in [7, 11) is 0.